The Morgan fingerprint density at radius 3 is 1.51 bits per heavy atom. The van der Waals surface area contributed by atoms with Crippen LogP contribution in [0.4, 0.5) is 73.9 Å². The monoisotopic (exact) mass is 1800 g/mol. The van der Waals surface area contributed by atoms with Gasteiger partial charge >= 0.3 is 5.97 Å². The summed E-state index contributed by atoms with van der Waals surface area (Å²) >= 11 is 8.87. The second-order valence-corrected chi connectivity index (χ2v) is 30.5. The van der Waals surface area contributed by atoms with Gasteiger partial charge in [-0.2, -0.15) is 0 Å². The second kappa shape index (κ2) is 48.3. The molecule has 0 saturated carbocycles. The highest BCUT2D eigenvalue weighted by Gasteiger charge is 2.26. The van der Waals surface area contributed by atoms with E-state index in [1.54, 1.807) is 91.6 Å². The van der Waals surface area contributed by atoms with E-state index >= 15 is 0 Å². The number of imidazole rings is 1. The molecule has 4 aromatic heterocycles. The van der Waals surface area contributed by atoms with Crippen LogP contribution in [0.1, 0.15) is 40.1 Å². The lowest BCUT2D eigenvalue weighted by atomic mass is 10.1. The van der Waals surface area contributed by atoms with E-state index in [2.05, 4.69) is 130 Å². The van der Waals surface area contributed by atoms with Gasteiger partial charge in [0.1, 0.15) is 0 Å². The Hall–Kier alpha value is -16.1. The number of amides is 1. The number of para-hydroxylation sites is 2. The number of nitrogens with one attached hydrogen (secondary N) is 1. The number of pyridine rings is 1. The molecular formula is C103H105BrClN19O5. The highest BCUT2D eigenvalue weighted by atomic mass is 79.9. The van der Waals surface area contributed by atoms with Crippen molar-refractivity contribution in [2.75, 3.05) is 114 Å². The van der Waals surface area contributed by atoms with Crippen molar-refractivity contribution in [1.29, 1.82) is 0 Å². The number of aromatic nitrogens is 5. The van der Waals surface area contributed by atoms with Crippen LogP contribution in [0.3, 0.4) is 0 Å². The summed E-state index contributed by atoms with van der Waals surface area (Å²) < 4.78 is 14.9. The third-order valence-corrected chi connectivity index (χ3v) is 20.6. The number of esters is 1. The minimum absolute atomic E-state index is 0.0743. The maximum absolute atomic E-state index is 12.0. The summed E-state index contributed by atoms with van der Waals surface area (Å²) in [5.74, 6) is 0.419. The largest absolute Gasteiger partial charge is 0.465 e. The zero-order valence-corrected chi connectivity index (χ0v) is 74.3. The zero-order valence-electron chi connectivity index (χ0n) is 72.0. The summed E-state index contributed by atoms with van der Waals surface area (Å²) in [5.41, 5.74) is 80.3. The van der Waals surface area contributed by atoms with Gasteiger partial charge < -0.3 is 96.5 Å². The summed E-state index contributed by atoms with van der Waals surface area (Å²) in [4.78, 5) is 49.9. The normalized spacial score (nSPS) is 11.1. The Morgan fingerprint density at radius 2 is 0.953 bits per heavy atom. The van der Waals surface area contributed by atoms with Gasteiger partial charge in [-0.15, -0.1) is 0 Å². The molecule has 0 unspecified atom stereocenters. The molecule has 656 valence electrons. The van der Waals surface area contributed by atoms with Gasteiger partial charge in [0.2, 0.25) is 5.91 Å². The summed E-state index contributed by atoms with van der Waals surface area (Å²) in [6, 6.07) is 101. The average Bonchev–Trinajstić information content (AvgIpc) is 1.61. The molecule has 1 fully saturated rings. The Bertz CT molecular complexity index is 6380. The van der Waals surface area contributed by atoms with Gasteiger partial charge in [-0.3, -0.25) is 14.6 Å². The fourth-order valence-electron chi connectivity index (χ4n) is 13.2. The number of fused-ring (bicyclic) bond motifs is 8. The maximum atomic E-state index is 12.0. The molecule has 1 saturated heterocycles. The minimum Gasteiger partial charge on any atom is -0.465 e. The Morgan fingerprint density at radius 1 is 0.450 bits per heavy atom. The Labute approximate surface area is 763 Å². The van der Waals surface area contributed by atoms with Crippen LogP contribution in [0, 0.1) is 0 Å². The van der Waals surface area contributed by atoms with Gasteiger partial charge in [-0.05, 0) is 237 Å². The number of rotatable bonds is 6. The van der Waals surface area contributed by atoms with Crippen LogP contribution in [0.5, 0.6) is 0 Å². The van der Waals surface area contributed by atoms with Crippen molar-refractivity contribution in [3.05, 3.63) is 391 Å². The first-order valence-electron chi connectivity index (χ1n) is 40.9. The first-order chi connectivity index (χ1) is 62.3. The van der Waals surface area contributed by atoms with Gasteiger partial charge in [-0.25, -0.2) is 14.8 Å². The van der Waals surface area contributed by atoms with E-state index < -0.39 is 0 Å². The molecule has 23 N–H and O–H groups in total. The molecule has 18 aromatic rings. The summed E-state index contributed by atoms with van der Waals surface area (Å²) in [6.07, 6.45) is 12.0. The number of ether oxygens (including phenoxy) is 1. The minimum atomic E-state index is -0.343. The van der Waals surface area contributed by atoms with E-state index in [0.717, 1.165) is 138 Å². The molecule has 1 amide bonds. The summed E-state index contributed by atoms with van der Waals surface area (Å²) in [5, 5.41) is 10.3. The molecule has 129 heavy (non-hydrogen) atoms. The highest BCUT2D eigenvalue weighted by molar-refractivity contribution is 9.10. The number of anilines is 13. The summed E-state index contributed by atoms with van der Waals surface area (Å²) in [7, 11) is 3.51. The Kier molecular flexibility index (Phi) is 35.6. The quantitative estimate of drug-likeness (QED) is 0.0543. The second-order valence-electron chi connectivity index (χ2n) is 29.2. The van der Waals surface area contributed by atoms with Crippen molar-refractivity contribution in [1.82, 2.24) is 29.0 Å². The van der Waals surface area contributed by atoms with Gasteiger partial charge in [0, 0.05) is 197 Å². The van der Waals surface area contributed by atoms with E-state index in [1.807, 2.05) is 211 Å². The predicted molar refractivity (Wildman–Crippen MR) is 540 cm³/mol. The molecule has 1 aliphatic heterocycles. The van der Waals surface area contributed by atoms with Crippen LogP contribution in [-0.2, 0) is 16.1 Å². The average molecular weight is 1800 g/mol. The molecule has 24 nitrogen and oxygen atoms in total. The molecule has 26 heteroatoms. The SMILES string of the molecule is CC(=O)Nc1ccc(N)cc1.CCn1c2ccccc2c2cc(N)ccc21.CN1CCN(c2ccc(N)cc2)CC1.COC(=O)c1ccc(N)cc1.Nc1ccc(-c2cnco2)cc1.Nc1ccc(-n2ccnc2)cc1.Nc1ccc2c(c1)C(=O)c1ccccc1-2.Nc1cccc(Br)c1.Nc1cccc2ccccc12.Nc1cccc2cnccc12.Nc1ccccc1Cl. The van der Waals surface area contributed by atoms with Crippen molar-refractivity contribution < 1.29 is 23.5 Å². The number of carbonyl (C=O) groups excluding carboxylic acids is 3. The van der Waals surface area contributed by atoms with Gasteiger partial charge in [0.15, 0.2) is 17.9 Å². The van der Waals surface area contributed by atoms with E-state index in [-0.39, 0.29) is 17.7 Å². The van der Waals surface area contributed by atoms with Crippen molar-refractivity contribution in [2.45, 2.75) is 20.4 Å². The van der Waals surface area contributed by atoms with Crippen LogP contribution in [0.25, 0.3) is 71.5 Å². The molecule has 0 spiro atoms. The first kappa shape index (κ1) is 95.1. The van der Waals surface area contributed by atoms with Crippen LogP contribution in [0.2, 0.25) is 5.02 Å². The summed E-state index contributed by atoms with van der Waals surface area (Å²) in [6.45, 7) is 9.13. The maximum Gasteiger partial charge on any atom is 0.337 e. The number of benzene rings is 14. The molecule has 0 radical (unpaired) electrons. The van der Waals surface area contributed by atoms with Crippen molar-refractivity contribution in [2.24, 2.45) is 0 Å². The number of nitrogen functional groups attached to an aromatic ring is 11. The van der Waals surface area contributed by atoms with Crippen molar-refractivity contribution in [3.63, 3.8) is 0 Å². The van der Waals surface area contributed by atoms with E-state index in [0.29, 0.717) is 33.3 Å². The fraction of sp³-hybridized carbons (Fsp3) is 0.0874. The molecule has 0 bridgehead atoms. The molecular weight excluding hydrogens is 1700 g/mol. The van der Waals surface area contributed by atoms with Gasteiger partial charge in [-0.1, -0.05) is 143 Å². The number of methoxy groups -OCH3 is 1. The molecule has 1 aliphatic carbocycles. The van der Waals surface area contributed by atoms with E-state index in [9.17, 15) is 14.4 Å². The number of halogens is 2. The van der Waals surface area contributed by atoms with Gasteiger partial charge in [0.25, 0.3) is 0 Å². The number of ketones is 1. The van der Waals surface area contributed by atoms with E-state index in [1.165, 1.54) is 53.3 Å². The number of carbonyl (C=O) groups is 3. The lowest BCUT2D eigenvalue weighted by Crippen LogP contribution is -2.44. The van der Waals surface area contributed by atoms with Crippen molar-refractivity contribution in [3.8, 4) is 28.1 Å². The number of piperazine rings is 1. The lowest BCUT2D eigenvalue weighted by molar-refractivity contribution is -0.114. The number of aryl methyl sites for hydroxylation is 1. The molecule has 20 rings (SSSR count). The van der Waals surface area contributed by atoms with Crippen LogP contribution >= 0.6 is 27.5 Å². The lowest BCUT2D eigenvalue weighted by Gasteiger charge is -2.34. The van der Waals surface area contributed by atoms with Crippen LogP contribution < -0.4 is 73.3 Å². The zero-order chi connectivity index (χ0) is 92.1. The molecule has 14 aromatic carbocycles. The topological polar surface area (TPSA) is 427 Å². The third-order valence-electron chi connectivity index (χ3n) is 19.8. The number of likely N-dealkylation sites (N-methyl/N-ethyl adjacent to an activating group) is 1. The van der Waals surface area contributed by atoms with Crippen molar-refractivity contribution >= 4 is 162 Å². The molecule has 2 aliphatic rings. The fourth-order valence-corrected chi connectivity index (χ4v) is 13.7. The van der Waals surface area contributed by atoms with Crippen LogP contribution in [-0.4, -0.2) is 87.0 Å². The number of hydrogen-bond donors (Lipinski definition) is 12. The number of hydrogen-bond acceptors (Lipinski definition) is 21. The smallest absolute Gasteiger partial charge is 0.337 e. The number of nitrogens with zero attached hydrogens (tertiary/aromatic N) is 7. The Balaban J connectivity index is 0.000000148. The number of oxazole rings is 1. The van der Waals surface area contributed by atoms with Crippen LogP contribution in [0.15, 0.2) is 374 Å². The highest BCUT2D eigenvalue weighted by Crippen LogP contribution is 2.38. The predicted octanol–water partition coefficient (Wildman–Crippen LogP) is 20.8. The standard InChI is InChI=1S/C14H14N2.C13H9NO.C11H17N3.C10H9N.C9H9N3.C9H8N2O.C9H8N2.C8H10N2O.C8H9NO2.C6H6BrN.C6H6ClN/c1-2-16-13-6-4-3-5-11(13)12-9-10(15)7-8-14(12)16;14-8-5-6-10-9-3-1-2-4-11(9)13(15)12(10)7-8;1-13-6-8-14(9-7-13)11-4-2-10(12)3-5-11;11-10-7-3-5-8-4-1-2-6-9(8)10;10-8-1-3-9(4-2-8)12-6-5-11-7-12;10-8-3-1-7(2-4-8)9-5-11-6-12-9;10-9-3-1-2-7-6-11-5-4-8(7)9;1-6(11)10-8-4-2-7(9)3-5-8;1-11-8(10)6-2-4-7(9)5-3-6;7-5-2-1-3-6(8)4-5;7-5-3-1-2-4-6(5)8/h3-9H,2,15H2,1H3;1-7H,14H2;2-5H,6-9,12H2,1H3;1-7H,11H2;1-7H,10H2;1-6H,10H2;1-6H,10H2;2-5H,9H2,1H3,(H,10,11);2-5H,9H2,1H3;2*1-4H,8H2. The van der Waals surface area contributed by atoms with E-state index in [4.69, 9.17) is 79.1 Å². The van der Waals surface area contributed by atoms with Gasteiger partial charge in [0.05, 0.1) is 35.9 Å². The first-order valence-corrected chi connectivity index (χ1v) is 42.1. The molecule has 0 atom stereocenters. The number of nitrogens with two attached hydrogens (primary N) is 11. The molecule has 5 heterocycles. The third kappa shape index (κ3) is 28.7.